The molecule has 180 valence electrons. The number of nitrogens with zero attached hydrogens (tertiary/aromatic N) is 2. The number of thioether (sulfide) groups is 1. The van der Waals surface area contributed by atoms with Crippen molar-refractivity contribution in [3.63, 3.8) is 0 Å². The first-order chi connectivity index (χ1) is 16.0. The lowest BCUT2D eigenvalue weighted by Gasteiger charge is -2.37. The van der Waals surface area contributed by atoms with Gasteiger partial charge in [-0.2, -0.15) is 11.8 Å². The van der Waals surface area contributed by atoms with Crippen LogP contribution in [0.4, 0.5) is 4.39 Å². The fourth-order valence-corrected chi connectivity index (χ4v) is 6.73. The molecule has 33 heavy (non-hydrogen) atoms. The number of carboxylic acids is 1. The Morgan fingerprint density at radius 1 is 1.30 bits per heavy atom. The van der Waals surface area contributed by atoms with Crippen LogP contribution in [0.5, 0.6) is 5.75 Å². The number of hydrogen-bond acceptors (Lipinski definition) is 5. The normalized spacial score (nSPS) is 23.1. The molecule has 2 heterocycles. The molecule has 0 bridgehead atoms. The number of benzene rings is 1. The molecule has 2 aromatic rings. The number of likely N-dealkylation sites (tertiary alicyclic amines) is 1. The maximum Gasteiger partial charge on any atom is 0.308 e. The Morgan fingerprint density at radius 2 is 2.12 bits per heavy atom. The quantitative estimate of drug-likeness (QED) is 0.474. The molecule has 2 fully saturated rings. The second kappa shape index (κ2) is 11.5. The van der Waals surface area contributed by atoms with Gasteiger partial charge in [-0.25, -0.2) is 4.39 Å². The van der Waals surface area contributed by atoms with Crippen molar-refractivity contribution in [2.45, 2.75) is 56.4 Å². The molecule has 0 amide bonds. The van der Waals surface area contributed by atoms with E-state index >= 15 is 4.39 Å². The largest absolute Gasteiger partial charge is 0.497 e. The highest BCUT2D eigenvalue weighted by Crippen LogP contribution is 2.36. The van der Waals surface area contributed by atoms with Crippen molar-refractivity contribution in [2.24, 2.45) is 11.8 Å². The predicted octanol–water partition coefficient (Wildman–Crippen LogP) is 5.73. The van der Waals surface area contributed by atoms with E-state index in [1.807, 2.05) is 18.2 Å². The van der Waals surface area contributed by atoms with Gasteiger partial charge in [-0.05, 0) is 74.4 Å². The van der Waals surface area contributed by atoms with Crippen molar-refractivity contribution in [1.82, 2.24) is 9.88 Å². The first-order valence-corrected chi connectivity index (χ1v) is 13.2. The Hall–Kier alpha value is -1.86. The number of pyridine rings is 1. The second-order valence-corrected chi connectivity index (χ2v) is 10.8. The number of aliphatic carboxylic acids is 1. The van der Waals surface area contributed by atoms with Gasteiger partial charge in [0.1, 0.15) is 11.9 Å². The van der Waals surface area contributed by atoms with E-state index in [-0.39, 0.29) is 5.92 Å². The van der Waals surface area contributed by atoms with Crippen molar-refractivity contribution < 1.29 is 19.0 Å². The summed E-state index contributed by atoms with van der Waals surface area (Å²) in [4.78, 5) is 18.6. The molecule has 1 aromatic carbocycles. The predicted molar refractivity (Wildman–Crippen MR) is 132 cm³/mol. The Labute approximate surface area is 200 Å². The number of methoxy groups -OCH3 is 1. The number of rotatable bonds is 10. The van der Waals surface area contributed by atoms with Crippen LogP contribution >= 0.6 is 11.8 Å². The molecule has 2 aliphatic rings. The Balaban J connectivity index is 1.33. The number of piperidine rings is 1. The minimum atomic E-state index is -1.15. The summed E-state index contributed by atoms with van der Waals surface area (Å²) in [7, 11) is 1.59. The summed E-state index contributed by atoms with van der Waals surface area (Å²) >= 11 is 2.05. The third-order valence-electron chi connectivity index (χ3n) is 7.33. The fourth-order valence-electron chi connectivity index (χ4n) is 5.36. The minimum absolute atomic E-state index is 0.0159. The Kier molecular flexibility index (Phi) is 8.47. The zero-order chi connectivity index (χ0) is 23.2. The highest BCUT2D eigenvalue weighted by molar-refractivity contribution is 7.99. The third kappa shape index (κ3) is 6.18. The summed E-state index contributed by atoms with van der Waals surface area (Å²) in [5.74, 6) is 0.599. The summed E-state index contributed by atoms with van der Waals surface area (Å²) in [6.45, 7) is 2.44. The van der Waals surface area contributed by atoms with E-state index in [1.54, 1.807) is 19.4 Å². The van der Waals surface area contributed by atoms with Crippen LogP contribution < -0.4 is 4.74 Å². The molecule has 1 aliphatic heterocycles. The SMILES string of the molecule is COc1ccc2nccc([C@@H](F)CC[C@@H]3CCN(CCSC4CCCC4)C[C@@H]3C(=O)O)c2c1. The molecule has 1 saturated heterocycles. The molecule has 4 rings (SSSR count). The van der Waals surface area contributed by atoms with Gasteiger partial charge in [0, 0.05) is 35.7 Å². The molecule has 7 heteroatoms. The smallest absolute Gasteiger partial charge is 0.308 e. The molecule has 1 aliphatic carbocycles. The molecule has 1 N–H and O–H groups in total. The second-order valence-electron chi connectivity index (χ2n) is 9.40. The first-order valence-electron chi connectivity index (χ1n) is 12.2. The van der Waals surface area contributed by atoms with Crippen molar-refractivity contribution in [1.29, 1.82) is 0 Å². The molecule has 0 unspecified atom stereocenters. The van der Waals surface area contributed by atoms with E-state index in [0.717, 1.165) is 41.4 Å². The summed E-state index contributed by atoms with van der Waals surface area (Å²) in [6, 6.07) is 7.22. The Morgan fingerprint density at radius 3 is 2.88 bits per heavy atom. The van der Waals surface area contributed by atoms with Gasteiger partial charge in [-0.15, -0.1) is 0 Å². The molecule has 1 aromatic heterocycles. The summed E-state index contributed by atoms with van der Waals surface area (Å²) in [6.07, 6.45) is 7.56. The van der Waals surface area contributed by atoms with Crippen LogP contribution in [0.25, 0.3) is 10.9 Å². The summed E-state index contributed by atoms with van der Waals surface area (Å²) in [5.41, 5.74) is 1.34. The van der Waals surface area contributed by atoms with Crippen molar-refractivity contribution in [2.75, 3.05) is 32.5 Å². The minimum Gasteiger partial charge on any atom is -0.497 e. The first kappa shape index (κ1) is 24.3. The highest BCUT2D eigenvalue weighted by atomic mass is 32.2. The fraction of sp³-hybridized carbons (Fsp3) is 0.615. The average molecular weight is 475 g/mol. The number of carbonyl (C=O) groups is 1. The third-order valence-corrected chi connectivity index (χ3v) is 8.69. The van der Waals surface area contributed by atoms with Crippen LogP contribution in [0.15, 0.2) is 30.5 Å². The zero-order valence-electron chi connectivity index (χ0n) is 19.4. The van der Waals surface area contributed by atoms with E-state index in [4.69, 9.17) is 4.74 Å². The van der Waals surface area contributed by atoms with E-state index in [2.05, 4.69) is 21.6 Å². The number of fused-ring (bicyclic) bond motifs is 1. The van der Waals surface area contributed by atoms with Crippen LogP contribution in [0.3, 0.4) is 0 Å². The standard InChI is InChI=1S/C26H35FN2O3S/c1-32-19-7-9-25-22(16-19)21(10-12-28-25)24(27)8-6-18-11-13-29(17-23(18)26(30)31)14-15-33-20-4-2-3-5-20/h7,9-10,12,16,18,20,23-24H,2-6,8,11,13-15,17H2,1H3,(H,30,31)/t18-,23+,24+/m1/s1. The van der Waals surface area contributed by atoms with Crippen molar-refractivity contribution in [3.8, 4) is 5.75 Å². The molecule has 1 saturated carbocycles. The molecule has 5 nitrogen and oxygen atoms in total. The Bertz CT molecular complexity index is 937. The topological polar surface area (TPSA) is 62.7 Å². The summed E-state index contributed by atoms with van der Waals surface area (Å²) in [5, 5.41) is 11.4. The number of carboxylic acid groups (broad SMARTS) is 1. The maximum absolute atomic E-state index is 15.3. The van der Waals surface area contributed by atoms with Gasteiger partial charge in [0.05, 0.1) is 18.5 Å². The number of hydrogen-bond donors (Lipinski definition) is 1. The van der Waals surface area contributed by atoms with Crippen molar-refractivity contribution in [3.05, 3.63) is 36.0 Å². The van der Waals surface area contributed by atoms with Gasteiger partial charge in [-0.3, -0.25) is 9.78 Å². The van der Waals surface area contributed by atoms with Crippen molar-refractivity contribution >= 4 is 28.6 Å². The molecule has 0 radical (unpaired) electrons. The van der Waals surface area contributed by atoms with Crippen LogP contribution in [0.2, 0.25) is 0 Å². The molecular weight excluding hydrogens is 439 g/mol. The van der Waals surface area contributed by atoms with Gasteiger partial charge in [0.25, 0.3) is 0 Å². The highest BCUT2D eigenvalue weighted by Gasteiger charge is 2.34. The van der Waals surface area contributed by atoms with Gasteiger partial charge in [0.2, 0.25) is 0 Å². The lowest BCUT2D eigenvalue weighted by atomic mass is 9.81. The van der Waals surface area contributed by atoms with E-state index in [0.29, 0.717) is 30.7 Å². The van der Waals surface area contributed by atoms with Gasteiger partial charge in [0.15, 0.2) is 0 Å². The van der Waals surface area contributed by atoms with E-state index in [1.165, 1.54) is 25.7 Å². The number of aromatic nitrogens is 1. The van der Waals surface area contributed by atoms with E-state index < -0.39 is 18.1 Å². The lowest BCUT2D eigenvalue weighted by Crippen LogP contribution is -2.44. The monoisotopic (exact) mass is 474 g/mol. The zero-order valence-corrected chi connectivity index (χ0v) is 20.2. The van der Waals surface area contributed by atoms with E-state index in [9.17, 15) is 9.90 Å². The molecule has 0 spiro atoms. The van der Waals surface area contributed by atoms with Crippen LogP contribution in [0, 0.1) is 11.8 Å². The van der Waals surface area contributed by atoms with Crippen LogP contribution in [-0.2, 0) is 4.79 Å². The van der Waals surface area contributed by atoms with Crippen LogP contribution in [0.1, 0.15) is 56.7 Å². The van der Waals surface area contributed by atoms with Gasteiger partial charge in [-0.1, -0.05) is 12.8 Å². The van der Waals surface area contributed by atoms with Gasteiger partial charge >= 0.3 is 5.97 Å². The van der Waals surface area contributed by atoms with Crippen LogP contribution in [-0.4, -0.2) is 58.7 Å². The summed E-state index contributed by atoms with van der Waals surface area (Å²) < 4.78 is 20.6. The molecule has 3 atom stereocenters. The number of ether oxygens (including phenoxy) is 1. The van der Waals surface area contributed by atoms with Gasteiger partial charge < -0.3 is 14.7 Å². The average Bonchev–Trinajstić information content (AvgIpc) is 3.35. The molecular formula is C26H35FN2O3S. The number of halogens is 1. The number of alkyl halides is 1. The lowest BCUT2D eigenvalue weighted by molar-refractivity contribution is -0.146. The maximum atomic E-state index is 15.3.